The average molecular weight is 316 g/mol. The van der Waals surface area contributed by atoms with Gasteiger partial charge in [0.05, 0.1) is 5.92 Å². The van der Waals surface area contributed by atoms with Crippen LogP contribution in [0.15, 0.2) is 84.9 Å². The van der Waals surface area contributed by atoms with Gasteiger partial charge in [0, 0.05) is 11.1 Å². The summed E-state index contributed by atoms with van der Waals surface area (Å²) in [6.45, 7) is 0. The van der Waals surface area contributed by atoms with Gasteiger partial charge in [0.2, 0.25) is 6.29 Å². The number of fused-ring (bicyclic) bond motifs is 4. The summed E-state index contributed by atoms with van der Waals surface area (Å²) in [5.74, 6) is -1.00. The van der Waals surface area contributed by atoms with Crippen LogP contribution >= 0.6 is 0 Å². The lowest BCUT2D eigenvalue weighted by Gasteiger charge is -2.35. The lowest BCUT2D eigenvalue weighted by Crippen LogP contribution is -2.37. The first kappa shape index (κ1) is 13.9. The molecule has 2 heterocycles. The van der Waals surface area contributed by atoms with Crippen molar-refractivity contribution in [3.8, 4) is 0 Å². The molecule has 0 saturated carbocycles. The molecule has 0 spiro atoms. The highest BCUT2D eigenvalue weighted by Gasteiger charge is 2.55. The van der Waals surface area contributed by atoms with Crippen molar-refractivity contribution in [2.45, 2.75) is 18.0 Å². The zero-order valence-corrected chi connectivity index (χ0v) is 13.0. The van der Waals surface area contributed by atoms with E-state index in [1.54, 1.807) is 0 Å². The largest absolute Gasteiger partial charge is 0.306 e. The van der Waals surface area contributed by atoms with Crippen LogP contribution in [0.5, 0.6) is 0 Å². The van der Waals surface area contributed by atoms with Crippen molar-refractivity contribution in [3.05, 3.63) is 107 Å². The Labute approximate surface area is 140 Å². The molecular formula is C21H16O3. The van der Waals surface area contributed by atoms with Gasteiger partial charge in [-0.1, -0.05) is 84.9 Å². The van der Waals surface area contributed by atoms with Gasteiger partial charge in [-0.05, 0) is 11.1 Å². The van der Waals surface area contributed by atoms with Gasteiger partial charge in [0.15, 0.2) is 0 Å². The highest BCUT2D eigenvalue weighted by Crippen LogP contribution is 2.52. The molecule has 2 bridgehead atoms. The van der Waals surface area contributed by atoms with Crippen LogP contribution in [-0.4, -0.2) is 6.29 Å². The van der Waals surface area contributed by atoms with Crippen LogP contribution in [0.2, 0.25) is 0 Å². The zero-order chi connectivity index (χ0) is 16.0. The maximum Gasteiger partial charge on any atom is 0.256 e. The van der Waals surface area contributed by atoms with Gasteiger partial charge in [-0.15, -0.1) is 0 Å². The van der Waals surface area contributed by atoms with Crippen LogP contribution in [0.4, 0.5) is 0 Å². The van der Waals surface area contributed by atoms with Gasteiger partial charge in [0.1, 0.15) is 0 Å². The molecule has 0 aromatic heterocycles. The van der Waals surface area contributed by atoms with Crippen molar-refractivity contribution >= 4 is 0 Å². The number of ether oxygens (including phenoxy) is 1. The normalized spacial score (nSPS) is 27.7. The van der Waals surface area contributed by atoms with Crippen LogP contribution < -0.4 is 0 Å². The lowest BCUT2D eigenvalue weighted by molar-refractivity contribution is -0.321. The van der Waals surface area contributed by atoms with E-state index in [1.165, 1.54) is 5.56 Å². The Balaban J connectivity index is 1.72. The Bertz CT molecular complexity index is 863. The first-order chi connectivity index (χ1) is 11.9. The van der Waals surface area contributed by atoms with E-state index in [9.17, 15) is 0 Å². The fourth-order valence-corrected chi connectivity index (χ4v) is 3.69. The molecule has 0 N–H and O–H groups in total. The number of benzene rings is 3. The summed E-state index contributed by atoms with van der Waals surface area (Å²) in [5.41, 5.74) is 4.27. The molecule has 5 rings (SSSR count). The third kappa shape index (κ3) is 1.89. The number of hydrogen-bond acceptors (Lipinski definition) is 3. The van der Waals surface area contributed by atoms with E-state index >= 15 is 0 Å². The van der Waals surface area contributed by atoms with Crippen LogP contribution in [0.3, 0.4) is 0 Å². The maximum absolute atomic E-state index is 6.32. The predicted octanol–water partition coefficient (Wildman–Crippen LogP) is 4.34. The van der Waals surface area contributed by atoms with E-state index in [0.717, 1.165) is 16.7 Å². The summed E-state index contributed by atoms with van der Waals surface area (Å²) in [6, 6.07) is 28.5. The molecule has 2 aliphatic rings. The molecule has 3 aromatic carbocycles. The van der Waals surface area contributed by atoms with Crippen molar-refractivity contribution in [2.24, 2.45) is 0 Å². The van der Waals surface area contributed by atoms with E-state index in [1.807, 2.05) is 54.6 Å². The smallest absolute Gasteiger partial charge is 0.256 e. The molecule has 0 amide bonds. The van der Waals surface area contributed by atoms with Crippen molar-refractivity contribution in [1.82, 2.24) is 0 Å². The van der Waals surface area contributed by atoms with Crippen LogP contribution in [0.25, 0.3) is 0 Å². The Hall–Kier alpha value is -2.46. The SMILES string of the molecule is c1ccc(C2c3ccccc3[C@]3(c4ccccc4)OO[C@H]2O3)cc1. The molecular weight excluding hydrogens is 300 g/mol. The first-order valence-corrected chi connectivity index (χ1v) is 8.11. The lowest BCUT2D eigenvalue weighted by atomic mass is 9.81. The molecule has 1 unspecified atom stereocenters. The van der Waals surface area contributed by atoms with Gasteiger partial charge in [-0.25, -0.2) is 0 Å². The fourth-order valence-electron chi connectivity index (χ4n) is 3.69. The molecule has 3 heteroatoms. The van der Waals surface area contributed by atoms with Crippen molar-refractivity contribution < 1.29 is 14.5 Å². The molecule has 3 aromatic rings. The monoisotopic (exact) mass is 316 g/mol. The van der Waals surface area contributed by atoms with E-state index in [4.69, 9.17) is 14.5 Å². The summed E-state index contributed by atoms with van der Waals surface area (Å²) in [4.78, 5) is 11.5. The van der Waals surface area contributed by atoms with E-state index < -0.39 is 12.1 Å². The molecule has 1 fully saturated rings. The minimum atomic E-state index is -0.992. The highest BCUT2D eigenvalue weighted by molar-refractivity contribution is 5.47. The zero-order valence-electron chi connectivity index (χ0n) is 13.0. The molecule has 3 atom stereocenters. The summed E-state index contributed by atoms with van der Waals surface area (Å²) >= 11 is 0. The Morgan fingerprint density at radius 2 is 1.38 bits per heavy atom. The Morgan fingerprint density at radius 1 is 0.708 bits per heavy atom. The summed E-state index contributed by atoms with van der Waals surface area (Å²) in [6.07, 6.45) is -0.470. The van der Waals surface area contributed by atoms with Crippen molar-refractivity contribution in [1.29, 1.82) is 0 Å². The minimum absolute atomic E-state index is 0.0123. The van der Waals surface area contributed by atoms with E-state index in [-0.39, 0.29) is 5.92 Å². The van der Waals surface area contributed by atoms with Crippen LogP contribution in [0.1, 0.15) is 28.2 Å². The second-order valence-corrected chi connectivity index (χ2v) is 6.12. The second-order valence-electron chi connectivity index (χ2n) is 6.12. The summed E-state index contributed by atoms with van der Waals surface area (Å²) in [7, 11) is 0. The predicted molar refractivity (Wildman–Crippen MR) is 89.0 cm³/mol. The second kappa shape index (κ2) is 5.28. The van der Waals surface area contributed by atoms with Gasteiger partial charge in [0.25, 0.3) is 5.79 Å². The third-order valence-electron chi connectivity index (χ3n) is 4.78. The molecule has 0 radical (unpaired) electrons. The van der Waals surface area contributed by atoms with Crippen LogP contribution in [0, 0.1) is 0 Å². The Morgan fingerprint density at radius 3 is 2.17 bits per heavy atom. The highest BCUT2D eigenvalue weighted by atomic mass is 17.3. The number of hydrogen-bond donors (Lipinski definition) is 0. The van der Waals surface area contributed by atoms with Crippen molar-refractivity contribution in [2.75, 3.05) is 0 Å². The number of rotatable bonds is 2. The molecule has 118 valence electrons. The molecule has 1 saturated heterocycles. The van der Waals surface area contributed by atoms with Gasteiger partial charge >= 0.3 is 0 Å². The first-order valence-electron chi connectivity index (χ1n) is 8.11. The maximum atomic E-state index is 6.32. The average Bonchev–Trinajstić information content (AvgIpc) is 3.05. The van der Waals surface area contributed by atoms with Crippen molar-refractivity contribution in [3.63, 3.8) is 0 Å². The van der Waals surface area contributed by atoms with E-state index in [2.05, 4.69) is 30.3 Å². The van der Waals surface area contributed by atoms with Gasteiger partial charge < -0.3 is 4.74 Å². The Kier molecular flexibility index (Phi) is 3.06. The van der Waals surface area contributed by atoms with Gasteiger partial charge in [-0.3, -0.25) is 0 Å². The summed E-state index contributed by atoms with van der Waals surface area (Å²) in [5, 5.41) is 0. The van der Waals surface area contributed by atoms with Gasteiger partial charge in [-0.2, -0.15) is 9.78 Å². The quantitative estimate of drug-likeness (QED) is 0.658. The fraction of sp³-hybridized carbons (Fsp3) is 0.143. The molecule has 3 nitrogen and oxygen atoms in total. The summed E-state index contributed by atoms with van der Waals surface area (Å²) < 4.78 is 6.32. The minimum Gasteiger partial charge on any atom is -0.306 e. The third-order valence-corrected chi connectivity index (χ3v) is 4.78. The molecule has 24 heavy (non-hydrogen) atoms. The van der Waals surface area contributed by atoms with E-state index in [0.29, 0.717) is 0 Å². The molecule has 2 aliphatic heterocycles. The van der Waals surface area contributed by atoms with Crippen LogP contribution in [-0.2, 0) is 20.3 Å². The standard InChI is InChI=1S/C21H16O3/c1-3-9-15(10-4-1)19-17-13-7-8-14-18(17)21(22-20(19)23-24-21)16-11-5-2-6-12-16/h1-14,19-20H/t19?,20-,21+/m1/s1. The topological polar surface area (TPSA) is 27.7 Å². The molecule has 0 aliphatic carbocycles.